The highest BCUT2D eigenvalue weighted by Crippen LogP contribution is 2.25. The number of hydrogen-bond donors (Lipinski definition) is 3. The van der Waals surface area contributed by atoms with Crippen molar-refractivity contribution in [2.45, 2.75) is 18.6 Å². The number of halogens is 3. The highest BCUT2D eigenvalue weighted by molar-refractivity contribution is 7.80. The van der Waals surface area contributed by atoms with Crippen LogP contribution >= 0.6 is 12.6 Å². The van der Waals surface area contributed by atoms with Crippen molar-refractivity contribution in [2.75, 3.05) is 5.75 Å². The number of ether oxygens (including phenoxy) is 1. The van der Waals surface area contributed by atoms with E-state index in [2.05, 4.69) is 17.4 Å². The predicted octanol–water partition coefficient (Wildman–Crippen LogP) is 1.91. The zero-order chi connectivity index (χ0) is 13.1. The van der Waals surface area contributed by atoms with Gasteiger partial charge in [-0.2, -0.15) is 12.6 Å². The fraction of sp³-hybridized carbons (Fsp3) is 0.400. The van der Waals surface area contributed by atoms with E-state index in [1.807, 2.05) is 0 Å². The Bertz CT molecular complexity index is 353. The Morgan fingerprint density at radius 3 is 2.12 bits per heavy atom. The zero-order valence-corrected chi connectivity index (χ0v) is 9.45. The second-order valence-corrected chi connectivity index (χ2v) is 3.68. The molecule has 1 aromatic rings. The summed E-state index contributed by atoms with van der Waals surface area (Å²) in [5, 5.41) is 18.8. The number of alkyl halides is 3. The largest absolute Gasteiger partial charge is 0.573 e. The van der Waals surface area contributed by atoms with Crippen molar-refractivity contribution in [3.63, 3.8) is 0 Å². The molecule has 2 atom stereocenters. The molecule has 7 heteroatoms. The lowest BCUT2D eigenvalue weighted by molar-refractivity contribution is -0.274. The zero-order valence-electron chi connectivity index (χ0n) is 8.55. The van der Waals surface area contributed by atoms with E-state index in [1.54, 1.807) is 0 Å². The highest BCUT2D eigenvalue weighted by Gasteiger charge is 2.31. The lowest BCUT2D eigenvalue weighted by atomic mass is 10.1. The molecule has 0 bridgehead atoms. The van der Waals surface area contributed by atoms with Gasteiger partial charge >= 0.3 is 6.36 Å². The van der Waals surface area contributed by atoms with Crippen LogP contribution in [0.4, 0.5) is 13.2 Å². The van der Waals surface area contributed by atoms with Gasteiger partial charge in [0.1, 0.15) is 11.9 Å². The van der Waals surface area contributed by atoms with Crippen molar-refractivity contribution in [1.82, 2.24) is 0 Å². The van der Waals surface area contributed by atoms with Crippen LogP contribution in [0.2, 0.25) is 0 Å². The third-order valence-corrected chi connectivity index (χ3v) is 2.38. The average Bonchev–Trinajstić information content (AvgIpc) is 2.26. The van der Waals surface area contributed by atoms with Crippen LogP contribution in [0.25, 0.3) is 0 Å². The second-order valence-electron chi connectivity index (χ2n) is 3.31. The lowest BCUT2D eigenvalue weighted by Crippen LogP contribution is -2.20. The monoisotopic (exact) mass is 268 g/mol. The smallest absolute Gasteiger partial charge is 0.406 e. The van der Waals surface area contributed by atoms with Crippen molar-refractivity contribution in [1.29, 1.82) is 0 Å². The Balaban J connectivity index is 2.74. The average molecular weight is 268 g/mol. The molecular weight excluding hydrogens is 257 g/mol. The van der Waals surface area contributed by atoms with E-state index in [0.29, 0.717) is 5.56 Å². The molecule has 2 unspecified atom stereocenters. The van der Waals surface area contributed by atoms with Crippen LogP contribution in [0.1, 0.15) is 11.7 Å². The van der Waals surface area contributed by atoms with Crippen LogP contribution in [0, 0.1) is 0 Å². The van der Waals surface area contributed by atoms with Gasteiger partial charge in [0.05, 0.1) is 6.10 Å². The number of benzene rings is 1. The van der Waals surface area contributed by atoms with Gasteiger partial charge in [-0.25, -0.2) is 0 Å². The Morgan fingerprint density at radius 1 is 1.18 bits per heavy atom. The normalized spacial score (nSPS) is 15.4. The van der Waals surface area contributed by atoms with Crippen molar-refractivity contribution in [3.8, 4) is 5.75 Å². The quantitative estimate of drug-likeness (QED) is 0.731. The fourth-order valence-corrected chi connectivity index (χ4v) is 1.39. The maximum Gasteiger partial charge on any atom is 0.573 e. The molecule has 0 aliphatic rings. The van der Waals surface area contributed by atoms with Gasteiger partial charge in [-0.1, -0.05) is 12.1 Å². The summed E-state index contributed by atoms with van der Waals surface area (Å²) in [5.41, 5.74) is 0.293. The summed E-state index contributed by atoms with van der Waals surface area (Å²) in [7, 11) is 0. The molecule has 0 aliphatic heterocycles. The maximum atomic E-state index is 11.9. The topological polar surface area (TPSA) is 49.7 Å². The Kier molecular flexibility index (Phi) is 4.67. The first-order valence-electron chi connectivity index (χ1n) is 4.66. The number of hydrogen-bond acceptors (Lipinski definition) is 4. The summed E-state index contributed by atoms with van der Waals surface area (Å²) < 4.78 is 39.2. The molecule has 17 heavy (non-hydrogen) atoms. The van der Waals surface area contributed by atoms with Crippen LogP contribution < -0.4 is 4.74 Å². The fourth-order valence-electron chi connectivity index (χ4n) is 1.19. The van der Waals surface area contributed by atoms with Gasteiger partial charge in [-0.15, -0.1) is 13.2 Å². The molecule has 0 radical (unpaired) electrons. The SMILES string of the molecule is OC(CS)C(O)c1ccc(OC(F)(F)F)cc1. The summed E-state index contributed by atoms with van der Waals surface area (Å²) in [6, 6.07) is 4.63. The van der Waals surface area contributed by atoms with Gasteiger partial charge in [0.25, 0.3) is 0 Å². The van der Waals surface area contributed by atoms with Crippen LogP contribution in [0.15, 0.2) is 24.3 Å². The molecule has 0 heterocycles. The van der Waals surface area contributed by atoms with Crippen molar-refractivity contribution in [2.24, 2.45) is 0 Å². The number of aliphatic hydroxyl groups is 2. The Labute approximate surface area is 101 Å². The first-order valence-corrected chi connectivity index (χ1v) is 5.29. The standard InChI is InChI=1S/C10H11F3O3S/c11-10(12,13)16-7-3-1-6(2-4-7)9(15)8(14)5-17/h1-4,8-9,14-15,17H,5H2. The van der Waals surface area contributed by atoms with Gasteiger partial charge in [0.2, 0.25) is 0 Å². The van der Waals surface area contributed by atoms with Crippen molar-refractivity contribution in [3.05, 3.63) is 29.8 Å². The van der Waals surface area contributed by atoms with Crippen LogP contribution in [-0.4, -0.2) is 28.4 Å². The van der Waals surface area contributed by atoms with Crippen molar-refractivity contribution >= 4 is 12.6 Å². The first-order chi connectivity index (χ1) is 7.83. The molecule has 0 saturated carbocycles. The maximum absolute atomic E-state index is 11.9. The van der Waals surface area contributed by atoms with E-state index in [0.717, 1.165) is 12.1 Å². The molecule has 3 nitrogen and oxygen atoms in total. The number of thiol groups is 1. The molecule has 96 valence electrons. The van der Waals surface area contributed by atoms with E-state index < -0.39 is 18.6 Å². The van der Waals surface area contributed by atoms with Gasteiger partial charge < -0.3 is 14.9 Å². The minimum absolute atomic E-state index is 0.0436. The molecule has 0 saturated heterocycles. The molecule has 0 fully saturated rings. The summed E-state index contributed by atoms with van der Waals surface area (Å²) >= 11 is 3.80. The highest BCUT2D eigenvalue weighted by atomic mass is 32.1. The van der Waals surface area contributed by atoms with Crippen LogP contribution in [-0.2, 0) is 0 Å². The van der Waals surface area contributed by atoms with Crippen LogP contribution in [0.3, 0.4) is 0 Å². The second kappa shape index (κ2) is 5.61. The lowest BCUT2D eigenvalue weighted by Gasteiger charge is -2.16. The summed E-state index contributed by atoms with van der Waals surface area (Å²) in [4.78, 5) is 0. The molecular formula is C10H11F3O3S. The van der Waals surface area contributed by atoms with Gasteiger partial charge in [0.15, 0.2) is 0 Å². The number of aliphatic hydroxyl groups excluding tert-OH is 2. The number of rotatable bonds is 4. The molecule has 0 aliphatic carbocycles. The third kappa shape index (κ3) is 4.45. The first kappa shape index (κ1) is 14.1. The minimum atomic E-state index is -4.75. The van der Waals surface area contributed by atoms with Gasteiger partial charge in [-0.3, -0.25) is 0 Å². The Hall–Kier alpha value is -0.920. The molecule has 2 N–H and O–H groups in total. The van der Waals surface area contributed by atoms with Gasteiger partial charge in [0, 0.05) is 5.75 Å². The van der Waals surface area contributed by atoms with E-state index in [9.17, 15) is 23.4 Å². The van der Waals surface area contributed by atoms with E-state index in [1.165, 1.54) is 12.1 Å². The van der Waals surface area contributed by atoms with E-state index >= 15 is 0 Å². The third-order valence-electron chi connectivity index (χ3n) is 2.01. The Morgan fingerprint density at radius 2 is 1.71 bits per heavy atom. The van der Waals surface area contributed by atoms with E-state index in [-0.39, 0.29) is 11.5 Å². The molecule has 0 amide bonds. The van der Waals surface area contributed by atoms with Crippen molar-refractivity contribution < 1.29 is 28.1 Å². The van der Waals surface area contributed by atoms with Gasteiger partial charge in [-0.05, 0) is 17.7 Å². The van der Waals surface area contributed by atoms with Crippen LogP contribution in [0.5, 0.6) is 5.75 Å². The molecule has 1 aromatic carbocycles. The van der Waals surface area contributed by atoms with E-state index in [4.69, 9.17) is 0 Å². The molecule has 0 aromatic heterocycles. The predicted molar refractivity (Wildman–Crippen MR) is 57.9 cm³/mol. The summed E-state index contributed by atoms with van der Waals surface area (Å²) in [6.07, 6.45) is -7.01. The summed E-state index contributed by atoms with van der Waals surface area (Å²) in [6.45, 7) is 0. The summed E-state index contributed by atoms with van der Waals surface area (Å²) in [5.74, 6) is -0.337. The minimum Gasteiger partial charge on any atom is -0.406 e. The molecule has 1 rings (SSSR count). The molecule has 0 spiro atoms.